The highest BCUT2D eigenvalue weighted by Crippen LogP contribution is 2.21. The first kappa shape index (κ1) is 12.6. The van der Waals surface area contributed by atoms with E-state index in [1.807, 2.05) is 12.1 Å². The molecule has 0 atom stereocenters. The van der Waals surface area contributed by atoms with E-state index in [1.165, 1.54) is 6.20 Å². The van der Waals surface area contributed by atoms with E-state index in [0.29, 0.717) is 16.7 Å². The summed E-state index contributed by atoms with van der Waals surface area (Å²) in [7, 11) is 1.73. The van der Waals surface area contributed by atoms with Crippen molar-refractivity contribution >= 4 is 34.4 Å². The van der Waals surface area contributed by atoms with E-state index in [2.05, 4.69) is 20.3 Å². The number of anilines is 1. The predicted octanol–water partition coefficient (Wildman–Crippen LogP) is 2.27. The van der Waals surface area contributed by atoms with Crippen LogP contribution in [-0.2, 0) is 7.05 Å². The smallest absolute Gasteiger partial charge is 0.275 e. The molecule has 6 nitrogen and oxygen atoms in total. The van der Waals surface area contributed by atoms with Crippen LogP contribution in [0.3, 0.4) is 0 Å². The topological polar surface area (TPSA) is 72.7 Å². The zero-order valence-corrected chi connectivity index (χ0v) is 11.3. The van der Waals surface area contributed by atoms with Crippen molar-refractivity contribution in [3.63, 3.8) is 0 Å². The van der Waals surface area contributed by atoms with Crippen molar-refractivity contribution in [1.82, 2.24) is 19.5 Å². The van der Waals surface area contributed by atoms with E-state index in [-0.39, 0.29) is 16.9 Å². The summed E-state index contributed by atoms with van der Waals surface area (Å²) in [6.07, 6.45) is 3.01. The first-order valence-electron chi connectivity index (χ1n) is 5.85. The maximum atomic E-state index is 12.1. The molecule has 1 aromatic carbocycles. The molecule has 0 aliphatic rings. The van der Waals surface area contributed by atoms with Crippen LogP contribution in [-0.4, -0.2) is 25.4 Å². The van der Waals surface area contributed by atoms with Crippen molar-refractivity contribution in [3.8, 4) is 0 Å². The molecule has 100 valence electrons. The lowest BCUT2D eigenvalue weighted by molar-refractivity contribution is 0.101. The molecule has 3 aromatic rings. The van der Waals surface area contributed by atoms with Gasteiger partial charge in [0.05, 0.1) is 23.6 Å². The molecule has 0 bridgehead atoms. The van der Waals surface area contributed by atoms with Crippen LogP contribution in [0.2, 0.25) is 5.15 Å². The summed E-state index contributed by atoms with van der Waals surface area (Å²) in [5.74, 6) is -0.104. The molecule has 3 rings (SSSR count). The SMILES string of the molecule is Cn1cncc1C(=O)Nc1nc2ccccc2nc1Cl. The molecule has 1 N–H and O–H groups in total. The number of benzene rings is 1. The van der Waals surface area contributed by atoms with Gasteiger partial charge in [-0.05, 0) is 12.1 Å². The van der Waals surface area contributed by atoms with Crippen LogP contribution in [0.15, 0.2) is 36.8 Å². The Morgan fingerprint density at radius 2 is 1.95 bits per heavy atom. The van der Waals surface area contributed by atoms with Gasteiger partial charge >= 0.3 is 0 Å². The van der Waals surface area contributed by atoms with Gasteiger partial charge in [0.25, 0.3) is 5.91 Å². The van der Waals surface area contributed by atoms with Crippen LogP contribution in [0.1, 0.15) is 10.5 Å². The monoisotopic (exact) mass is 287 g/mol. The fourth-order valence-electron chi connectivity index (χ4n) is 1.81. The van der Waals surface area contributed by atoms with E-state index >= 15 is 0 Å². The number of para-hydroxylation sites is 2. The van der Waals surface area contributed by atoms with Crippen LogP contribution in [0, 0.1) is 0 Å². The molecule has 1 amide bonds. The minimum Gasteiger partial charge on any atom is -0.330 e. The highest BCUT2D eigenvalue weighted by Gasteiger charge is 2.14. The summed E-state index contributed by atoms with van der Waals surface area (Å²) < 4.78 is 1.61. The Labute approximate surface area is 119 Å². The predicted molar refractivity (Wildman–Crippen MR) is 75.7 cm³/mol. The Hall–Kier alpha value is -2.47. The van der Waals surface area contributed by atoms with Crippen molar-refractivity contribution in [1.29, 1.82) is 0 Å². The number of hydrogen-bond donors (Lipinski definition) is 1. The number of aromatic nitrogens is 4. The third kappa shape index (κ3) is 2.21. The van der Waals surface area contributed by atoms with E-state index in [9.17, 15) is 4.79 Å². The number of nitrogens with zero attached hydrogens (tertiary/aromatic N) is 4. The molecule has 0 saturated carbocycles. The zero-order valence-electron chi connectivity index (χ0n) is 10.5. The van der Waals surface area contributed by atoms with Gasteiger partial charge in [0.1, 0.15) is 5.69 Å². The second kappa shape index (κ2) is 4.90. The van der Waals surface area contributed by atoms with Gasteiger partial charge in [-0.15, -0.1) is 0 Å². The Bertz CT molecular complexity index is 798. The van der Waals surface area contributed by atoms with Crippen molar-refractivity contribution in [2.75, 3.05) is 5.32 Å². The second-order valence-corrected chi connectivity index (χ2v) is 4.55. The fraction of sp³-hybridized carbons (Fsp3) is 0.0769. The van der Waals surface area contributed by atoms with Crippen LogP contribution in [0.25, 0.3) is 11.0 Å². The highest BCUT2D eigenvalue weighted by atomic mass is 35.5. The van der Waals surface area contributed by atoms with Gasteiger partial charge in [0, 0.05) is 7.05 Å². The quantitative estimate of drug-likeness (QED) is 0.785. The third-order valence-corrected chi connectivity index (χ3v) is 3.07. The first-order chi connectivity index (χ1) is 9.65. The van der Waals surface area contributed by atoms with E-state index in [1.54, 1.807) is 30.1 Å². The molecule has 20 heavy (non-hydrogen) atoms. The number of carbonyl (C=O) groups excluding carboxylic acids is 1. The normalized spacial score (nSPS) is 10.7. The van der Waals surface area contributed by atoms with Gasteiger partial charge in [0.2, 0.25) is 0 Å². The number of carbonyl (C=O) groups is 1. The molecule has 0 spiro atoms. The van der Waals surface area contributed by atoms with Gasteiger partial charge in [-0.2, -0.15) is 0 Å². The summed E-state index contributed by atoms with van der Waals surface area (Å²) >= 11 is 6.04. The minimum atomic E-state index is -0.337. The average Bonchev–Trinajstić information content (AvgIpc) is 2.86. The van der Waals surface area contributed by atoms with Gasteiger partial charge < -0.3 is 9.88 Å². The van der Waals surface area contributed by atoms with Crippen molar-refractivity contribution < 1.29 is 4.79 Å². The maximum absolute atomic E-state index is 12.1. The molecule has 0 fully saturated rings. The molecular weight excluding hydrogens is 278 g/mol. The lowest BCUT2D eigenvalue weighted by Crippen LogP contribution is -2.16. The summed E-state index contributed by atoms with van der Waals surface area (Å²) in [4.78, 5) is 24.5. The van der Waals surface area contributed by atoms with Crippen molar-refractivity contribution in [2.24, 2.45) is 7.05 Å². The van der Waals surface area contributed by atoms with Crippen molar-refractivity contribution in [3.05, 3.63) is 47.6 Å². The molecule has 0 aliphatic heterocycles. The summed E-state index contributed by atoms with van der Waals surface area (Å²) in [6.45, 7) is 0. The van der Waals surface area contributed by atoms with Crippen molar-refractivity contribution in [2.45, 2.75) is 0 Å². The number of aryl methyl sites for hydroxylation is 1. The molecular formula is C13H10ClN5O. The molecule has 2 aromatic heterocycles. The van der Waals surface area contributed by atoms with Crippen LogP contribution < -0.4 is 5.32 Å². The van der Waals surface area contributed by atoms with Gasteiger partial charge in [-0.25, -0.2) is 15.0 Å². The third-order valence-electron chi connectivity index (χ3n) is 2.81. The summed E-state index contributed by atoms with van der Waals surface area (Å²) in [6, 6.07) is 7.30. The Morgan fingerprint density at radius 3 is 2.60 bits per heavy atom. The lowest BCUT2D eigenvalue weighted by Gasteiger charge is -2.07. The maximum Gasteiger partial charge on any atom is 0.275 e. The van der Waals surface area contributed by atoms with Gasteiger partial charge in [0.15, 0.2) is 11.0 Å². The first-order valence-corrected chi connectivity index (χ1v) is 6.23. The number of amides is 1. The number of rotatable bonds is 2. The second-order valence-electron chi connectivity index (χ2n) is 4.20. The minimum absolute atomic E-state index is 0.152. The van der Waals surface area contributed by atoms with E-state index < -0.39 is 0 Å². The molecule has 0 unspecified atom stereocenters. The molecule has 7 heteroatoms. The molecule has 2 heterocycles. The Balaban J connectivity index is 1.96. The Kier molecular flexibility index (Phi) is 3.08. The van der Waals surface area contributed by atoms with Crippen LogP contribution >= 0.6 is 11.6 Å². The molecule has 0 radical (unpaired) electrons. The lowest BCUT2D eigenvalue weighted by atomic mass is 10.3. The Morgan fingerprint density at radius 1 is 1.25 bits per heavy atom. The zero-order chi connectivity index (χ0) is 14.1. The molecule has 0 saturated heterocycles. The largest absolute Gasteiger partial charge is 0.330 e. The van der Waals surface area contributed by atoms with Gasteiger partial charge in [-0.3, -0.25) is 4.79 Å². The van der Waals surface area contributed by atoms with E-state index in [0.717, 1.165) is 0 Å². The summed E-state index contributed by atoms with van der Waals surface area (Å²) in [5, 5.41) is 2.79. The van der Waals surface area contributed by atoms with Crippen LogP contribution in [0.5, 0.6) is 0 Å². The number of hydrogen-bond acceptors (Lipinski definition) is 4. The average molecular weight is 288 g/mol. The number of halogens is 1. The highest BCUT2D eigenvalue weighted by molar-refractivity contribution is 6.32. The number of nitrogens with one attached hydrogen (secondary N) is 1. The number of fused-ring (bicyclic) bond motifs is 1. The fourth-order valence-corrected chi connectivity index (χ4v) is 1.99. The van der Waals surface area contributed by atoms with E-state index in [4.69, 9.17) is 11.6 Å². The molecule has 0 aliphatic carbocycles. The number of imidazole rings is 1. The van der Waals surface area contributed by atoms with Crippen LogP contribution in [0.4, 0.5) is 5.82 Å². The summed E-state index contributed by atoms with van der Waals surface area (Å²) in [5.41, 5.74) is 1.75. The standard InChI is InChI=1S/C13H10ClN5O/c1-19-7-15-6-10(19)13(20)18-12-11(14)16-8-4-2-3-5-9(8)17-12/h2-7H,1H3,(H,17,18,20). The van der Waals surface area contributed by atoms with Gasteiger partial charge in [-0.1, -0.05) is 23.7 Å².